The van der Waals surface area contributed by atoms with E-state index in [2.05, 4.69) is 60.0 Å². The molecule has 4 amide bonds. The van der Waals surface area contributed by atoms with Crippen LogP contribution in [0, 0.1) is 6.92 Å². The highest BCUT2D eigenvalue weighted by atomic mass is 16.6. The molecule has 0 spiro atoms. The lowest BCUT2D eigenvalue weighted by Gasteiger charge is -2.31. The number of esters is 1. The van der Waals surface area contributed by atoms with Crippen LogP contribution < -0.4 is 16.2 Å². The molecule has 0 bridgehead atoms. The summed E-state index contributed by atoms with van der Waals surface area (Å²) in [4.78, 5) is 80.1. The summed E-state index contributed by atoms with van der Waals surface area (Å²) >= 11 is 0. The summed E-state index contributed by atoms with van der Waals surface area (Å²) in [7, 11) is 0. The van der Waals surface area contributed by atoms with E-state index in [1.165, 1.54) is 17.1 Å². The molecule has 3 aromatic carbocycles. The Kier molecular flexibility index (Phi) is 11.2. The average molecular weight is 812 g/mol. The number of hydrogen-bond acceptors (Lipinski definition) is 10. The van der Waals surface area contributed by atoms with Gasteiger partial charge in [0.05, 0.1) is 42.2 Å². The van der Waals surface area contributed by atoms with Crippen molar-refractivity contribution in [2.24, 2.45) is 0 Å². The molecule has 2 aromatic heterocycles. The molecule has 5 aromatic rings. The van der Waals surface area contributed by atoms with Gasteiger partial charge in [0, 0.05) is 41.6 Å². The van der Waals surface area contributed by atoms with Gasteiger partial charge in [0.2, 0.25) is 11.8 Å². The molecule has 3 N–H and O–H groups in total. The van der Waals surface area contributed by atoms with Crippen LogP contribution in [-0.4, -0.2) is 75.6 Å². The van der Waals surface area contributed by atoms with Crippen molar-refractivity contribution in [2.45, 2.75) is 71.1 Å². The number of imide groups is 1. The molecule has 8 rings (SSSR count). The number of nitrogens with zero attached hydrogens (tertiary/aromatic N) is 3. The molecule has 60 heavy (non-hydrogen) atoms. The molecule has 5 heterocycles. The molecule has 1 atom stereocenters. The predicted octanol–water partition coefficient (Wildman–Crippen LogP) is 4.44. The number of hydrogen-bond donors (Lipinski definition) is 3. The number of cyclic esters (lactones) is 1. The second-order valence-corrected chi connectivity index (χ2v) is 15.4. The van der Waals surface area contributed by atoms with Crippen LogP contribution in [0.15, 0.2) is 77.6 Å². The summed E-state index contributed by atoms with van der Waals surface area (Å²) in [6, 6.07) is 20.4. The predicted molar refractivity (Wildman–Crippen MR) is 222 cm³/mol. The first kappa shape index (κ1) is 40.3. The second-order valence-electron chi connectivity index (χ2n) is 15.4. The molecule has 0 radical (unpaired) electrons. The molecular formula is C46H45N5O9. The van der Waals surface area contributed by atoms with Gasteiger partial charge >= 0.3 is 5.97 Å². The van der Waals surface area contributed by atoms with Crippen LogP contribution >= 0.6 is 0 Å². The maximum Gasteiger partial charge on any atom is 0.343 e. The Hall–Kier alpha value is -6.51. The average Bonchev–Trinajstić information content (AvgIpc) is 3.79. The Morgan fingerprint density at radius 3 is 2.42 bits per heavy atom. The fourth-order valence-electron chi connectivity index (χ4n) is 8.28. The number of ether oxygens (including phenoxy) is 2. The first-order chi connectivity index (χ1) is 29.0. The van der Waals surface area contributed by atoms with Crippen molar-refractivity contribution in [1.82, 2.24) is 25.1 Å². The topological polar surface area (TPSA) is 186 Å². The Morgan fingerprint density at radius 1 is 0.900 bits per heavy atom. The fraction of sp³-hybridized carbons (Fsp3) is 0.326. The highest BCUT2D eigenvalue weighted by molar-refractivity contribution is 6.13. The fourth-order valence-corrected chi connectivity index (χ4v) is 8.28. The van der Waals surface area contributed by atoms with E-state index in [1.807, 2.05) is 12.1 Å². The number of rotatable bonds is 15. The van der Waals surface area contributed by atoms with Crippen LogP contribution in [0.4, 0.5) is 0 Å². The van der Waals surface area contributed by atoms with Gasteiger partial charge in [-0.05, 0) is 83.8 Å². The van der Waals surface area contributed by atoms with E-state index >= 15 is 0 Å². The second kappa shape index (κ2) is 16.6. The standard InChI is InChI=1S/C46H45N5O9/c1-3-46(58)35-22-37-43-33(24-51(37)44(56)34(35)25-60-45(46)57)27(2)42-32-21-31(13-12-30(32)14-15-36(42)49-43)29-10-8-28(9-11-29)18-20-59-26-48-39(53)23-47-38(52)7-5-4-6-19-50-40(54)16-17-41(50)55/h8-17,21-22,58H,3-7,18-20,23-26H2,1-2H3,(H,47,52)(H,48,53)/t46-/m0/s1. The van der Waals surface area contributed by atoms with Gasteiger partial charge < -0.3 is 29.8 Å². The number of aromatic nitrogens is 2. The third-order valence-corrected chi connectivity index (χ3v) is 11.8. The van der Waals surface area contributed by atoms with Crippen molar-refractivity contribution < 1.29 is 38.6 Å². The van der Waals surface area contributed by atoms with Gasteiger partial charge in [-0.2, -0.15) is 0 Å². The van der Waals surface area contributed by atoms with Gasteiger partial charge in [0.1, 0.15) is 13.3 Å². The summed E-state index contributed by atoms with van der Waals surface area (Å²) in [5, 5.41) is 19.6. The Morgan fingerprint density at radius 2 is 1.65 bits per heavy atom. The molecule has 308 valence electrons. The smallest absolute Gasteiger partial charge is 0.343 e. The highest BCUT2D eigenvalue weighted by Crippen LogP contribution is 2.41. The third-order valence-electron chi connectivity index (χ3n) is 11.8. The van der Waals surface area contributed by atoms with Gasteiger partial charge in [-0.15, -0.1) is 0 Å². The number of aliphatic hydroxyl groups is 1. The zero-order valence-corrected chi connectivity index (χ0v) is 33.5. The van der Waals surface area contributed by atoms with E-state index in [1.54, 1.807) is 17.6 Å². The Balaban J connectivity index is 0.848. The number of benzene rings is 3. The maximum absolute atomic E-state index is 13.7. The summed E-state index contributed by atoms with van der Waals surface area (Å²) in [5.41, 5.74) is 5.54. The van der Waals surface area contributed by atoms with Crippen LogP contribution in [0.3, 0.4) is 0 Å². The lowest BCUT2D eigenvalue weighted by molar-refractivity contribution is -0.172. The molecule has 0 aliphatic carbocycles. The molecule has 0 saturated heterocycles. The molecule has 3 aliphatic rings. The minimum Gasteiger partial charge on any atom is -0.458 e. The molecule has 14 nitrogen and oxygen atoms in total. The number of pyridine rings is 2. The minimum atomic E-state index is -1.89. The van der Waals surface area contributed by atoms with E-state index < -0.39 is 11.6 Å². The summed E-state index contributed by atoms with van der Waals surface area (Å²) < 4.78 is 12.5. The van der Waals surface area contributed by atoms with Crippen molar-refractivity contribution in [3.05, 3.63) is 111 Å². The normalized spacial score (nSPS) is 16.6. The number of nitrogens with one attached hydrogen (secondary N) is 2. The van der Waals surface area contributed by atoms with Crippen molar-refractivity contribution in [3.8, 4) is 22.5 Å². The lowest BCUT2D eigenvalue weighted by atomic mass is 9.86. The largest absolute Gasteiger partial charge is 0.458 e. The van der Waals surface area contributed by atoms with Crippen molar-refractivity contribution >= 4 is 51.3 Å². The summed E-state index contributed by atoms with van der Waals surface area (Å²) in [6.45, 7) is 4.47. The summed E-state index contributed by atoms with van der Waals surface area (Å²) in [6.07, 6.45) is 5.34. The van der Waals surface area contributed by atoms with Crippen LogP contribution in [0.1, 0.15) is 66.8 Å². The zero-order chi connectivity index (χ0) is 42.1. The molecular weight excluding hydrogens is 767 g/mol. The van der Waals surface area contributed by atoms with Gasteiger partial charge in [-0.1, -0.05) is 55.8 Å². The quantitative estimate of drug-likeness (QED) is 0.0440. The number of unbranched alkanes of at least 4 members (excludes halogenated alkanes) is 2. The molecule has 0 saturated carbocycles. The first-order valence-corrected chi connectivity index (χ1v) is 20.2. The van der Waals surface area contributed by atoms with Gasteiger partial charge in [-0.25, -0.2) is 9.78 Å². The highest BCUT2D eigenvalue weighted by Gasteiger charge is 2.45. The number of aryl methyl sites for hydroxylation is 1. The number of amides is 4. The summed E-state index contributed by atoms with van der Waals surface area (Å²) in [5.74, 6) is -1.97. The van der Waals surface area contributed by atoms with E-state index in [-0.39, 0.29) is 61.9 Å². The Labute approximate surface area is 345 Å². The number of carbonyl (C=O) groups excluding carboxylic acids is 5. The molecule has 0 unspecified atom stereocenters. The first-order valence-electron chi connectivity index (χ1n) is 20.2. The monoisotopic (exact) mass is 811 g/mol. The van der Waals surface area contributed by atoms with E-state index in [4.69, 9.17) is 14.5 Å². The van der Waals surface area contributed by atoms with E-state index in [9.17, 15) is 33.9 Å². The van der Waals surface area contributed by atoms with E-state index in [0.29, 0.717) is 67.9 Å². The van der Waals surface area contributed by atoms with Gasteiger partial charge in [-0.3, -0.25) is 28.9 Å². The van der Waals surface area contributed by atoms with E-state index in [0.717, 1.165) is 49.5 Å². The number of fused-ring (bicyclic) bond motifs is 7. The van der Waals surface area contributed by atoms with Crippen LogP contribution in [0.2, 0.25) is 0 Å². The number of carbonyl (C=O) groups is 5. The van der Waals surface area contributed by atoms with Crippen LogP contribution in [0.25, 0.3) is 44.2 Å². The van der Waals surface area contributed by atoms with Crippen LogP contribution in [0.5, 0.6) is 0 Å². The zero-order valence-electron chi connectivity index (χ0n) is 33.5. The van der Waals surface area contributed by atoms with Crippen molar-refractivity contribution in [3.63, 3.8) is 0 Å². The molecule has 0 fully saturated rings. The van der Waals surface area contributed by atoms with Crippen LogP contribution in [-0.2, 0) is 58.6 Å². The van der Waals surface area contributed by atoms with Crippen molar-refractivity contribution in [2.75, 3.05) is 26.4 Å². The molecule has 3 aliphatic heterocycles. The SMILES string of the molecule is CC[C@@]1(O)C(=O)OCc2c1cc1n(c2=O)Cc2c-1nc1ccc3ccc(-c4ccc(CCOCNC(=O)CNC(=O)CCCCCN5C(=O)C=CC5=O)cc4)cc3c1c2C. The van der Waals surface area contributed by atoms with Crippen molar-refractivity contribution in [1.29, 1.82) is 0 Å². The third kappa shape index (κ3) is 7.59. The van der Waals surface area contributed by atoms with Gasteiger partial charge in [0.15, 0.2) is 5.60 Å². The minimum absolute atomic E-state index is 0.0151. The maximum atomic E-state index is 13.7. The lowest BCUT2D eigenvalue weighted by Crippen LogP contribution is -2.44. The molecule has 14 heteroatoms. The Bertz CT molecular complexity index is 2670. The van der Waals surface area contributed by atoms with Gasteiger partial charge in [0.25, 0.3) is 17.4 Å².